The molecule has 1 aliphatic heterocycles. The van der Waals surface area contributed by atoms with Gasteiger partial charge in [-0.25, -0.2) is 9.59 Å². The van der Waals surface area contributed by atoms with Gasteiger partial charge in [0.05, 0.1) is 24.5 Å². The molecule has 1 aromatic carbocycles. The van der Waals surface area contributed by atoms with Crippen molar-refractivity contribution in [1.82, 2.24) is 0 Å². The number of ether oxygens (including phenoxy) is 3. The van der Waals surface area contributed by atoms with E-state index in [1.54, 1.807) is 12.0 Å². The molecular weight excluding hydrogens is 460 g/mol. The third kappa shape index (κ3) is 6.80. The highest BCUT2D eigenvalue weighted by molar-refractivity contribution is 6.06. The van der Waals surface area contributed by atoms with Gasteiger partial charge in [-0.05, 0) is 58.9 Å². The SMILES string of the molecule is CCCCC(CC)N(C(N)=O)c1c(C/C=C(\C)CCC(=O)OC(C)C)c(OC)c(C)c2c1C(=O)OC2. The molecule has 1 heterocycles. The summed E-state index contributed by atoms with van der Waals surface area (Å²) in [6, 6.07) is -0.772. The Morgan fingerprint density at radius 2 is 1.92 bits per heavy atom. The summed E-state index contributed by atoms with van der Waals surface area (Å²) >= 11 is 0. The topological polar surface area (TPSA) is 108 Å². The molecule has 200 valence electrons. The first-order chi connectivity index (χ1) is 17.1. The van der Waals surface area contributed by atoms with Crippen molar-refractivity contribution in [2.75, 3.05) is 12.0 Å². The molecule has 0 radical (unpaired) electrons. The van der Waals surface area contributed by atoms with E-state index in [0.29, 0.717) is 41.8 Å². The van der Waals surface area contributed by atoms with Gasteiger partial charge >= 0.3 is 18.0 Å². The summed E-state index contributed by atoms with van der Waals surface area (Å²) in [7, 11) is 1.58. The number of benzene rings is 1. The molecule has 8 heteroatoms. The fourth-order valence-electron chi connectivity index (χ4n) is 4.72. The van der Waals surface area contributed by atoms with Gasteiger partial charge in [0, 0.05) is 23.6 Å². The molecule has 0 saturated carbocycles. The Morgan fingerprint density at radius 3 is 2.47 bits per heavy atom. The average molecular weight is 503 g/mol. The van der Waals surface area contributed by atoms with Crippen molar-refractivity contribution < 1.29 is 28.6 Å². The predicted octanol–water partition coefficient (Wildman–Crippen LogP) is 5.75. The molecule has 0 saturated heterocycles. The van der Waals surface area contributed by atoms with Crippen LogP contribution in [0.3, 0.4) is 0 Å². The molecule has 36 heavy (non-hydrogen) atoms. The van der Waals surface area contributed by atoms with Gasteiger partial charge in [-0.1, -0.05) is 38.3 Å². The molecule has 2 amide bonds. The van der Waals surface area contributed by atoms with E-state index >= 15 is 0 Å². The van der Waals surface area contributed by atoms with E-state index < -0.39 is 12.0 Å². The summed E-state index contributed by atoms with van der Waals surface area (Å²) < 4.78 is 16.5. The van der Waals surface area contributed by atoms with Crippen molar-refractivity contribution in [3.05, 3.63) is 33.9 Å². The van der Waals surface area contributed by atoms with Crippen LogP contribution in [0.5, 0.6) is 5.75 Å². The van der Waals surface area contributed by atoms with E-state index in [-0.39, 0.29) is 31.1 Å². The Labute approximate surface area is 215 Å². The second kappa shape index (κ2) is 13.3. The number of hydrogen-bond donors (Lipinski definition) is 1. The number of esters is 2. The molecule has 2 rings (SSSR count). The van der Waals surface area contributed by atoms with E-state index in [1.807, 2.05) is 40.7 Å². The number of allylic oxidation sites excluding steroid dienone is 2. The maximum atomic E-state index is 12.9. The number of primary amides is 1. The van der Waals surface area contributed by atoms with Gasteiger partial charge in [0.15, 0.2) is 0 Å². The minimum absolute atomic E-state index is 0.134. The largest absolute Gasteiger partial charge is 0.496 e. The van der Waals surface area contributed by atoms with Gasteiger partial charge < -0.3 is 19.9 Å². The lowest BCUT2D eigenvalue weighted by Gasteiger charge is -2.33. The number of hydrogen-bond acceptors (Lipinski definition) is 6. The van der Waals surface area contributed by atoms with Gasteiger partial charge in [0.2, 0.25) is 0 Å². The standard InChI is InChI=1S/C28H42N2O6/c1-8-10-11-20(9-2)30(28(29)33)25-21(14-12-18(5)13-15-23(31)36-17(3)4)26(34-7)19(6)22-16-35-27(32)24(22)25/h12,17,20H,8-11,13-16H2,1-7H3,(H2,29,33)/b18-12+. The fraction of sp³-hybridized carbons (Fsp3) is 0.607. The van der Waals surface area contributed by atoms with Gasteiger partial charge in [-0.15, -0.1) is 0 Å². The van der Waals surface area contributed by atoms with Crippen LogP contribution in [0.15, 0.2) is 11.6 Å². The minimum atomic E-state index is -0.607. The van der Waals surface area contributed by atoms with Crippen molar-refractivity contribution in [3.63, 3.8) is 0 Å². The molecule has 1 unspecified atom stereocenters. The van der Waals surface area contributed by atoms with Crippen LogP contribution in [0.4, 0.5) is 10.5 Å². The number of unbranched alkanes of at least 4 members (excludes halogenated alkanes) is 1. The van der Waals surface area contributed by atoms with Crippen LogP contribution in [-0.2, 0) is 27.3 Å². The van der Waals surface area contributed by atoms with Crippen LogP contribution < -0.4 is 15.4 Å². The summed E-state index contributed by atoms with van der Waals surface area (Å²) in [5, 5.41) is 0. The van der Waals surface area contributed by atoms with Crippen molar-refractivity contribution in [1.29, 1.82) is 0 Å². The van der Waals surface area contributed by atoms with Crippen LogP contribution in [0.2, 0.25) is 0 Å². The average Bonchev–Trinajstić information content (AvgIpc) is 3.21. The number of nitrogens with two attached hydrogens (primary N) is 1. The molecule has 8 nitrogen and oxygen atoms in total. The number of cyclic esters (lactones) is 1. The molecule has 1 aliphatic rings. The number of rotatable bonds is 13. The lowest BCUT2D eigenvalue weighted by atomic mass is 9.91. The Morgan fingerprint density at radius 1 is 1.22 bits per heavy atom. The number of urea groups is 1. The van der Waals surface area contributed by atoms with Crippen LogP contribution in [0, 0.1) is 6.92 Å². The summed E-state index contributed by atoms with van der Waals surface area (Å²) in [6.45, 7) is 11.7. The zero-order valence-corrected chi connectivity index (χ0v) is 22.9. The zero-order valence-electron chi connectivity index (χ0n) is 22.9. The normalized spacial score (nSPS) is 13.9. The highest BCUT2D eigenvalue weighted by Crippen LogP contribution is 2.44. The van der Waals surface area contributed by atoms with E-state index in [9.17, 15) is 14.4 Å². The quantitative estimate of drug-likeness (QED) is 0.272. The number of methoxy groups -OCH3 is 1. The van der Waals surface area contributed by atoms with Crippen LogP contribution in [0.25, 0.3) is 0 Å². The first kappa shape index (κ1) is 29.2. The molecule has 0 fully saturated rings. The molecule has 0 bridgehead atoms. The summed E-state index contributed by atoms with van der Waals surface area (Å²) in [4.78, 5) is 39.4. The summed E-state index contributed by atoms with van der Waals surface area (Å²) in [5.41, 5.74) is 10.1. The Kier molecular flexibility index (Phi) is 10.8. The monoisotopic (exact) mass is 502 g/mol. The highest BCUT2D eigenvalue weighted by Gasteiger charge is 2.37. The lowest BCUT2D eigenvalue weighted by molar-refractivity contribution is -0.147. The maximum Gasteiger partial charge on any atom is 0.341 e. The fourth-order valence-corrected chi connectivity index (χ4v) is 4.72. The Hall–Kier alpha value is -3.03. The number of fused-ring (bicyclic) bond motifs is 1. The summed E-state index contributed by atoms with van der Waals surface area (Å²) in [6.07, 6.45) is 6.44. The number of carbonyl (C=O) groups excluding carboxylic acids is 3. The maximum absolute atomic E-state index is 12.9. The van der Waals surface area contributed by atoms with Gasteiger partial charge in [-0.3, -0.25) is 9.69 Å². The zero-order chi connectivity index (χ0) is 27.0. The van der Waals surface area contributed by atoms with Gasteiger partial charge in [-0.2, -0.15) is 0 Å². The van der Waals surface area contributed by atoms with Crippen molar-refractivity contribution >= 4 is 23.7 Å². The van der Waals surface area contributed by atoms with Crippen molar-refractivity contribution in [3.8, 4) is 5.75 Å². The molecule has 0 aliphatic carbocycles. The molecule has 0 aromatic heterocycles. The number of carbonyl (C=O) groups is 3. The third-order valence-electron chi connectivity index (χ3n) is 6.60. The predicted molar refractivity (Wildman–Crippen MR) is 140 cm³/mol. The van der Waals surface area contributed by atoms with Crippen molar-refractivity contribution in [2.45, 2.75) is 105 Å². The van der Waals surface area contributed by atoms with Gasteiger partial charge in [0.1, 0.15) is 12.4 Å². The number of nitrogens with zero attached hydrogens (tertiary/aromatic N) is 1. The van der Waals surface area contributed by atoms with E-state index in [4.69, 9.17) is 19.9 Å². The van der Waals surface area contributed by atoms with Crippen LogP contribution in [-0.4, -0.2) is 37.2 Å². The second-order valence-electron chi connectivity index (χ2n) is 9.62. The number of amides is 2. The third-order valence-corrected chi connectivity index (χ3v) is 6.60. The molecular formula is C28H42N2O6. The van der Waals surface area contributed by atoms with Crippen molar-refractivity contribution in [2.24, 2.45) is 5.73 Å². The smallest absolute Gasteiger partial charge is 0.341 e. The van der Waals surface area contributed by atoms with Gasteiger partial charge in [0.25, 0.3) is 0 Å². The second-order valence-corrected chi connectivity index (χ2v) is 9.62. The van der Waals surface area contributed by atoms with E-state index in [0.717, 1.165) is 36.0 Å². The highest BCUT2D eigenvalue weighted by atomic mass is 16.5. The molecule has 1 aromatic rings. The first-order valence-corrected chi connectivity index (χ1v) is 12.9. The molecule has 2 N–H and O–H groups in total. The summed E-state index contributed by atoms with van der Waals surface area (Å²) in [5.74, 6) is -0.0867. The Balaban J connectivity index is 2.60. The number of anilines is 1. The molecule has 0 spiro atoms. The first-order valence-electron chi connectivity index (χ1n) is 12.9. The van der Waals surface area contributed by atoms with E-state index in [1.165, 1.54) is 0 Å². The van der Waals surface area contributed by atoms with Crippen LogP contribution in [0.1, 0.15) is 100 Å². The minimum Gasteiger partial charge on any atom is -0.496 e. The van der Waals surface area contributed by atoms with Crippen LogP contribution >= 0.6 is 0 Å². The Bertz CT molecular complexity index is 998. The van der Waals surface area contributed by atoms with E-state index in [2.05, 4.69) is 6.92 Å². The lowest BCUT2D eigenvalue weighted by Crippen LogP contribution is -2.45. The molecule has 1 atom stereocenters.